The second-order valence-corrected chi connectivity index (χ2v) is 8.05. The number of amides is 1. The van der Waals surface area contributed by atoms with Crippen LogP contribution in [0, 0.1) is 0 Å². The molecule has 0 spiro atoms. The van der Waals surface area contributed by atoms with E-state index in [-0.39, 0.29) is 6.04 Å². The van der Waals surface area contributed by atoms with Crippen molar-refractivity contribution in [2.75, 3.05) is 0 Å². The Kier molecular flexibility index (Phi) is 5.93. The largest absolute Gasteiger partial charge is 0.489 e. The van der Waals surface area contributed by atoms with Crippen molar-refractivity contribution in [3.05, 3.63) is 65.9 Å². The van der Waals surface area contributed by atoms with Crippen LogP contribution >= 0.6 is 0 Å². The number of ether oxygens (including phenoxy) is 2. The van der Waals surface area contributed by atoms with Gasteiger partial charge >= 0.3 is 6.09 Å². The molecule has 5 nitrogen and oxygen atoms in total. The number of hydrogen-bond donors (Lipinski definition) is 2. The maximum Gasteiger partial charge on any atom is 0.407 e. The summed E-state index contributed by atoms with van der Waals surface area (Å²) in [6.45, 7) is 8.07. The summed E-state index contributed by atoms with van der Waals surface area (Å²) in [5.74, 6) is 0.824. The topological polar surface area (TPSA) is 63.3 Å². The number of alkyl carbamates (subject to hydrolysis) is 1. The molecule has 0 saturated heterocycles. The van der Waals surface area contributed by atoms with E-state index in [1.807, 2.05) is 82.4 Å². The number of nitrogens with one attached hydrogen (secondary N) is 2. The molecule has 0 aliphatic heterocycles. The lowest BCUT2D eigenvalue weighted by Crippen LogP contribution is -2.38. The summed E-state index contributed by atoms with van der Waals surface area (Å²) >= 11 is 0. The van der Waals surface area contributed by atoms with Gasteiger partial charge in [0.2, 0.25) is 0 Å². The van der Waals surface area contributed by atoms with E-state index < -0.39 is 11.7 Å². The zero-order valence-electron chi connectivity index (χ0n) is 16.9. The van der Waals surface area contributed by atoms with Crippen LogP contribution in [-0.2, 0) is 17.8 Å². The molecular weight excluding hydrogens is 352 g/mol. The summed E-state index contributed by atoms with van der Waals surface area (Å²) < 4.78 is 11.3. The zero-order chi connectivity index (χ0) is 20.1. The highest BCUT2D eigenvalue weighted by atomic mass is 16.6. The molecule has 0 fully saturated rings. The summed E-state index contributed by atoms with van der Waals surface area (Å²) in [5, 5.41) is 3.99. The van der Waals surface area contributed by atoms with Gasteiger partial charge in [0, 0.05) is 23.1 Å². The van der Waals surface area contributed by atoms with E-state index in [9.17, 15) is 4.79 Å². The molecule has 1 heterocycles. The number of carbonyl (C=O) groups is 1. The number of fused-ring (bicyclic) bond motifs is 1. The lowest BCUT2D eigenvalue weighted by molar-refractivity contribution is 0.0508. The van der Waals surface area contributed by atoms with Crippen LogP contribution in [0.1, 0.15) is 38.8 Å². The highest BCUT2D eigenvalue weighted by molar-refractivity contribution is 5.84. The first-order chi connectivity index (χ1) is 13.3. The molecule has 1 unspecified atom stereocenters. The Morgan fingerprint density at radius 3 is 2.61 bits per heavy atom. The molecule has 2 N–H and O–H groups in total. The molecule has 0 saturated carbocycles. The van der Waals surface area contributed by atoms with Gasteiger partial charge in [-0.1, -0.05) is 30.3 Å². The fourth-order valence-corrected chi connectivity index (χ4v) is 3.05. The SMILES string of the molecule is CC(Cc1c[nH]c2ccc(OCc3ccccc3)cc12)NC(=O)OC(C)(C)C. The molecule has 1 amide bonds. The van der Waals surface area contributed by atoms with E-state index in [0.717, 1.165) is 27.8 Å². The van der Waals surface area contributed by atoms with E-state index in [1.54, 1.807) is 0 Å². The van der Waals surface area contributed by atoms with E-state index in [0.29, 0.717) is 13.0 Å². The summed E-state index contributed by atoms with van der Waals surface area (Å²) in [5.41, 5.74) is 2.80. The fraction of sp³-hybridized carbons (Fsp3) is 0.348. The number of H-pyrrole nitrogens is 1. The molecule has 0 bridgehead atoms. The van der Waals surface area contributed by atoms with Gasteiger partial charge in [-0.25, -0.2) is 4.79 Å². The minimum atomic E-state index is -0.504. The third kappa shape index (κ3) is 5.52. The van der Waals surface area contributed by atoms with Gasteiger partial charge in [-0.15, -0.1) is 0 Å². The number of rotatable bonds is 6. The average Bonchev–Trinajstić information content (AvgIpc) is 3.01. The lowest BCUT2D eigenvalue weighted by Gasteiger charge is -2.21. The Morgan fingerprint density at radius 2 is 1.89 bits per heavy atom. The first kappa shape index (κ1) is 19.8. The molecule has 1 aromatic heterocycles. The monoisotopic (exact) mass is 380 g/mol. The second kappa shape index (κ2) is 8.38. The number of benzene rings is 2. The second-order valence-electron chi connectivity index (χ2n) is 8.05. The van der Waals surface area contributed by atoms with E-state index >= 15 is 0 Å². The molecule has 3 rings (SSSR count). The molecule has 2 aromatic carbocycles. The predicted molar refractivity (Wildman–Crippen MR) is 112 cm³/mol. The van der Waals surface area contributed by atoms with Crippen molar-refractivity contribution < 1.29 is 14.3 Å². The molecule has 0 aliphatic carbocycles. The zero-order valence-corrected chi connectivity index (χ0v) is 16.9. The maximum atomic E-state index is 12.0. The van der Waals surface area contributed by atoms with Crippen LogP contribution in [0.3, 0.4) is 0 Å². The first-order valence-corrected chi connectivity index (χ1v) is 9.56. The number of aromatic amines is 1. The van der Waals surface area contributed by atoms with Crippen LogP contribution in [0.4, 0.5) is 4.79 Å². The number of aromatic nitrogens is 1. The fourth-order valence-electron chi connectivity index (χ4n) is 3.05. The van der Waals surface area contributed by atoms with Crippen molar-refractivity contribution >= 4 is 17.0 Å². The molecule has 28 heavy (non-hydrogen) atoms. The molecule has 5 heteroatoms. The Bertz CT molecular complexity index is 926. The van der Waals surface area contributed by atoms with E-state index in [2.05, 4.69) is 10.3 Å². The van der Waals surface area contributed by atoms with Gasteiger partial charge in [0.05, 0.1) is 0 Å². The maximum absolute atomic E-state index is 12.0. The van der Waals surface area contributed by atoms with Crippen molar-refractivity contribution in [1.29, 1.82) is 0 Å². The molecular formula is C23H28N2O3. The minimum absolute atomic E-state index is 0.0530. The van der Waals surface area contributed by atoms with E-state index in [4.69, 9.17) is 9.47 Å². The minimum Gasteiger partial charge on any atom is -0.489 e. The average molecular weight is 380 g/mol. The van der Waals surface area contributed by atoms with Gasteiger partial charge in [0.25, 0.3) is 0 Å². The van der Waals surface area contributed by atoms with Gasteiger partial charge < -0.3 is 19.8 Å². The Balaban J connectivity index is 1.65. The van der Waals surface area contributed by atoms with Gasteiger partial charge in [0.15, 0.2) is 0 Å². The lowest BCUT2D eigenvalue weighted by atomic mass is 10.1. The standard InChI is InChI=1S/C23H28N2O3/c1-16(25-22(26)28-23(2,3)4)12-18-14-24-21-11-10-19(13-20(18)21)27-15-17-8-6-5-7-9-17/h5-11,13-14,16,24H,12,15H2,1-4H3,(H,25,26). The van der Waals surface area contributed by atoms with Crippen LogP contribution < -0.4 is 10.1 Å². The van der Waals surface area contributed by atoms with Crippen LogP contribution in [-0.4, -0.2) is 22.7 Å². The van der Waals surface area contributed by atoms with Gasteiger partial charge in [-0.2, -0.15) is 0 Å². The molecule has 148 valence electrons. The molecule has 3 aromatic rings. The number of carbonyl (C=O) groups excluding carboxylic acids is 1. The summed E-state index contributed by atoms with van der Waals surface area (Å²) in [7, 11) is 0. The van der Waals surface area contributed by atoms with Crippen molar-refractivity contribution in [3.8, 4) is 5.75 Å². The van der Waals surface area contributed by atoms with Crippen molar-refractivity contribution in [3.63, 3.8) is 0 Å². The molecule has 0 radical (unpaired) electrons. The summed E-state index contributed by atoms with van der Waals surface area (Å²) in [4.78, 5) is 15.3. The van der Waals surface area contributed by atoms with Gasteiger partial charge in [0.1, 0.15) is 18.0 Å². The van der Waals surface area contributed by atoms with Crippen LogP contribution in [0.15, 0.2) is 54.7 Å². The smallest absolute Gasteiger partial charge is 0.407 e. The highest BCUT2D eigenvalue weighted by Crippen LogP contribution is 2.25. The quantitative estimate of drug-likeness (QED) is 0.617. The third-order valence-electron chi connectivity index (χ3n) is 4.28. The normalized spacial score (nSPS) is 12.6. The molecule has 0 aliphatic rings. The Hall–Kier alpha value is -2.95. The van der Waals surface area contributed by atoms with Crippen molar-refractivity contribution in [2.24, 2.45) is 0 Å². The Labute approximate surface area is 166 Å². The number of hydrogen-bond acceptors (Lipinski definition) is 3. The van der Waals surface area contributed by atoms with Crippen LogP contribution in [0.2, 0.25) is 0 Å². The highest BCUT2D eigenvalue weighted by Gasteiger charge is 2.18. The van der Waals surface area contributed by atoms with Crippen molar-refractivity contribution in [2.45, 2.75) is 52.4 Å². The molecule has 1 atom stereocenters. The van der Waals surface area contributed by atoms with Crippen LogP contribution in [0.25, 0.3) is 10.9 Å². The Morgan fingerprint density at radius 1 is 1.14 bits per heavy atom. The predicted octanol–water partition coefficient (Wildman–Crippen LogP) is 5.20. The van der Waals surface area contributed by atoms with Gasteiger partial charge in [-0.05, 0) is 63.4 Å². The van der Waals surface area contributed by atoms with Crippen molar-refractivity contribution in [1.82, 2.24) is 10.3 Å². The summed E-state index contributed by atoms with van der Waals surface area (Å²) in [6, 6.07) is 16.1. The first-order valence-electron chi connectivity index (χ1n) is 9.56. The van der Waals surface area contributed by atoms with Gasteiger partial charge in [-0.3, -0.25) is 0 Å². The summed E-state index contributed by atoms with van der Waals surface area (Å²) in [6.07, 6.45) is 2.28. The third-order valence-corrected chi connectivity index (χ3v) is 4.28. The van der Waals surface area contributed by atoms with Crippen LogP contribution in [0.5, 0.6) is 5.75 Å². The van der Waals surface area contributed by atoms with E-state index in [1.165, 1.54) is 0 Å².